The number of fused-ring (bicyclic) bond motifs is 1. The molecule has 1 N–H and O–H groups in total. The number of hydrogen-bond acceptors (Lipinski definition) is 5. The molecule has 2 aliphatic rings. The Kier molecular flexibility index (Phi) is 5.84. The first-order valence-corrected chi connectivity index (χ1v) is 9.81. The Morgan fingerprint density at radius 3 is 2.55 bits per heavy atom. The normalized spacial score (nSPS) is 15.8. The number of amides is 2. The van der Waals surface area contributed by atoms with E-state index in [1.807, 2.05) is 48.5 Å². The van der Waals surface area contributed by atoms with E-state index < -0.39 is 0 Å². The van der Waals surface area contributed by atoms with Crippen LogP contribution in [-0.2, 0) is 22.7 Å². The fourth-order valence-corrected chi connectivity index (χ4v) is 3.52. The molecule has 1 fully saturated rings. The Morgan fingerprint density at radius 1 is 1.00 bits per heavy atom. The fourth-order valence-electron chi connectivity index (χ4n) is 3.52. The lowest BCUT2D eigenvalue weighted by atomic mass is 9.96. The monoisotopic (exact) mass is 396 g/mol. The minimum Gasteiger partial charge on any atom is -0.454 e. The lowest BCUT2D eigenvalue weighted by Gasteiger charge is -2.30. The van der Waals surface area contributed by atoms with Gasteiger partial charge < -0.3 is 24.4 Å². The maximum absolute atomic E-state index is 12.5. The van der Waals surface area contributed by atoms with Gasteiger partial charge in [0.2, 0.25) is 12.7 Å². The molecule has 0 atom stereocenters. The molecule has 7 nitrogen and oxygen atoms in total. The Bertz CT molecular complexity index is 863. The van der Waals surface area contributed by atoms with E-state index >= 15 is 0 Å². The lowest BCUT2D eigenvalue weighted by molar-refractivity contribution is -0.126. The van der Waals surface area contributed by atoms with E-state index in [0.717, 1.165) is 16.9 Å². The van der Waals surface area contributed by atoms with Gasteiger partial charge in [-0.1, -0.05) is 36.4 Å². The number of benzene rings is 2. The van der Waals surface area contributed by atoms with E-state index in [1.165, 1.54) is 0 Å². The second kappa shape index (κ2) is 8.86. The van der Waals surface area contributed by atoms with Crippen molar-refractivity contribution in [3.05, 3.63) is 59.7 Å². The zero-order valence-electron chi connectivity index (χ0n) is 16.1. The van der Waals surface area contributed by atoms with Gasteiger partial charge in [0.1, 0.15) is 6.61 Å². The van der Waals surface area contributed by atoms with Crippen LogP contribution in [0.1, 0.15) is 24.0 Å². The summed E-state index contributed by atoms with van der Waals surface area (Å²) in [5.74, 6) is 1.35. The van der Waals surface area contributed by atoms with E-state index in [0.29, 0.717) is 38.2 Å². The van der Waals surface area contributed by atoms with Crippen LogP contribution in [0, 0.1) is 5.92 Å². The summed E-state index contributed by atoms with van der Waals surface area (Å²) in [6.07, 6.45) is 0.939. The average Bonchev–Trinajstić information content (AvgIpc) is 3.24. The first-order chi connectivity index (χ1) is 14.2. The molecule has 4 rings (SSSR count). The molecule has 0 unspecified atom stereocenters. The number of hydrogen-bond donors (Lipinski definition) is 1. The van der Waals surface area contributed by atoms with E-state index in [4.69, 9.17) is 14.2 Å². The number of carbonyl (C=O) groups is 2. The third-order valence-electron chi connectivity index (χ3n) is 5.23. The zero-order chi connectivity index (χ0) is 20.1. The topological polar surface area (TPSA) is 77.1 Å². The fraction of sp³-hybridized carbons (Fsp3) is 0.364. The largest absolute Gasteiger partial charge is 0.454 e. The third kappa shape index (κ3) is 4.80. The molecule has 0 aromatic heterocycles. The molecule has 0 spiro atoms. The number of likely N-dealkylation sites (tertiary alicyclic amines) is 1. The molecular formula is C22H24N2O5. The Balaban J connectivity index is 1.19. The van der Waals surface area contributed by atoms with Gasteiger partial charge in [0.25, 0.3) is 0 Å². The Morgan fingerprint density at radius 2 is 1.76 bits per heavy atom. The molecule has 152 valence electrons. The molecule has 0 aliphatic carbocycles. The van der Waals surface area contributed by atoms with Gasteiger partial charge in [0, 0.05) is 25.6 Å². The molecule has 2 aromatic carbocycles. The van der Waals surface area contributed by atoms with Crippen molar-refractivity contribution in [2.24, 2.45) is 5.92 Å². The van der Waals surface area contributed by atoms with Crippen LogP contribution in [0.4, 0.5) is 4.79 Å². The summed E-state index contributed by atoms with van der Waals surface area (Å²) in [7, 11) is 0. The van der Waals surface area contributed by atoms with Gasteiger partial charge in [-0.15, -0.1) is 0 Å². The van der Waals surface area contributed by atoms with Gasteiger partial charge in [0.05, 0.1) is 0 Å². The number of rotatable bonds is 5. The molecule has 0 saturated carbocycles. The Labute approximate surface area is 169 Å². The van der Waals surface area contributed by atoms with Crippen molar-refractivity contribution < 1.29 is 23.8 Å². The molecule has 7 heteroatoms. The van der Waals surface area contributed by atoms with E-state index in [9.17, 15) is 9.59 Å². The van der Waals surface area contributed by atoms with Crippen LogP contribution in [0.3, 0.4) is 0 Å². The van der Waals surface area contributed by atoms with Crippen LogP contribution in [-0.4, -0.2) is 36.8 Å². The summed E-state index contributed by atoms with van der Waals surface area (Å²) < 4.78 is 16.0. The van der Waals surface area contributed by atoms with Crippen LogP contribution in [0.5, 0.6) is 11.5 Å². The molecule has 0 radical (unpaired) electrons. The number of piperidine rings is 1. The predicted octanol–water partition coefficient (Wildman–Crippen LogP) is 3.08. The molecule has 29 heavy (non-hydrogen) atoms. The third-order valence-corrected chi connectivity index (χ3v) is 5.23. The van der Waals surface area contributed by atoms with Crippen molar-refractivity contribution >= 4 is 12.0 Å². The first kappa shape index (κ1) is 19.1. The second-order valence-corrected chi connectivity index (χ2v) is 7.21. The van der Waals surface area contributed by atoms with Gasteiger partial charge in [-0.05, 0) is 36.1 Å². The van der Waals surface area contributed by atoms with Crippen LogP contribution >= 0.6 is 0 Å². The standard InChI is InChI=1S/C22H24N2O5/c25-21(23-13-17-6-7-19-20(12-17)29-15-28-19)18-8-10-24(11-9-18)22(26)27-14-16-4-2-1-3-5-16/h1-7,12,18H,8-11,13-15H2,(H,23,25). The molecule has 2 heterocycles. The van der Waals surface area contributed by atoms with Crippen molar-refractivity contribution in [2.75, 3.05) is 19.9 Å². The highest BCUT2D eigenvalue weighted by Crippen LogP contribution is 2.32. The van der Waals surface area contributed by atoms with Gasteiger partial charge in [-0.3, -0.25) is 4.79 Å². The molecule has 2 amide bonds. The molecule has 0 bridgehead atoms. The number of nitrogens with one attached hydrogen (secondary N) is 1. The highest BCUT2D eigenvalue weighted by Gasteiger charge is 2.28. The van der Waals surface area contributed by atoms with Crippen LogP contribution in [0.25, 0.3) is 0 Å². The van der Waals surface area contributed by atoms with Crippen LogP contribution in [0.2, 0.25) is 0 Å². The summed E-state index contributed by atoms with van der Waals surface area (Å²) in [6, 6.07) is 15.2. The van der Waals surface area contributed by atoms with Gasteiger partial charge in [-0.25, -0.2) is 4.79 Å². The first-order valence-electron chi connectivity index (χ1n) is 9.81. The summed E-state index contributed by atoms with van der Waals surface area (Å²) in [5, 5.41) is 2.98. The van der Waals surface area contributed by atoms with Crippen molar-refractivity contribution in [1.82, 2.24) is 10.2 Å². The lowest BCUT2D eigenvalue weighted by Crippen LogP contribution is -2.43. The molecule has 2 aliphatic heterocycles. The molecule has 1 saturated heterocycles. The number of ether oxygens (including phenoxy) is 3. The number of carbonyl (C=O) groups excluding carboxylic acids is 2. The predicted molar refractivity (Wildman–Crippen MR) is 105 cm³/mol. The van der Waals surface area contributed by atoms with Crippen molar-refractivity contribution in [1.29, 1.82) is 0 Å². The van der Waals surface area contributed by atoms with Crippen LogP contribution < -0.4 is 14.8 Å². The van der Waals surface area contributed by atoms with Gasteiger partial charge in [0.15, 0.2) is 11.5 Å². The summed E-state index contributed by atoms with van der Waals surface area (Å²) in [4.78, 5) is 26.4. The minimum atomic E-state index is -0.326. The van der Waals surface area contributed by atoms with Crippen molar-refractivity contribution in [2.45, 2.75) is 26.0 Å². The SMILES string of the molecule is O=C(NCc1ccc2c(c1)OCO2)C1CCN(C(=O)OCc2ccccc2)CC1. The molecule has 2 aromatic rings. The zero-order valence-corrected chi connectivity index (χ0v) is 16.1. The smallest absolute Gasteiger partial charge is 0.410 e. The van der Waals surface area contributed by atoms with E-state index in [2.05, 4.69) is 5.32 Å². The second-order valence-electron chi connectivity index (χ2n) is 7.21. The summed E-state index contributed by atoms with van der Waals surface area (Å²) in [6.45, 7) is 1.98. The number of nitrogens with zero attached hydrogens (tertiary/aromatic N) is 1. The minimum absolute atomic E-state index is 0.0139. The van der Waals surface area contributed by atoms with Crippen molar-refractivity contribution in [3.63, 3.8) is 0 Å². The van der Waals surface area contributed by atoms with Gasteiger partial charge >= 0.3 is 6.09 Å². The maximum atomic E-state index is 12.5. The van der Waals surface area contributed by atoms with Gasteiger partial charge in [-0.2, -0.15) is 0 Å². The molecular weight excluding hydrogens is 372 g/mol. The Hall–Kier alpha value is -3.22. The highest BCUT2D eigenvalue weighted by molar-refractivity contribution is 5.79. The maximum Gasteiger partial charge on any atom is 0.410 e. The van der Waals surface area contributed by atoms with E-state index in [-0.39, 0.29) is 31.3 Å². The van der Waals surface area contributed by atoms with Crippen LogP contribution in [0.15, 0.2) is 48.5 Å². The van der Waals surface area contributed by atoms with E-state index in [1.54, 1.807) is 4.90 Å². The highest BCUT2D eigenvalue weighted by atomic mass is 16.7. The van der Waals surface area contributed by atoms with Crippen molar-refractivity contribution in [3.8, 4) is 11.5 Å². The average molecular weight is 396 g/mol. The quantitative estimate of drug-likeness (QED) is 0.841. The summed E-state index contributed by atoms with van der Waals surface area (Å²) >= 11 is 0. The summed E-state index contributed by atoms with van der Waals surface area (Å²) in [5.41, 5.74) is 1.92.